The Morgan fingerprint density at radius 3 is 2.61 bits per heavy atom. The summed E-state index contributed by atoms with van der Waals surface area (Å²) in [6.07, 6.45) is 4.53. The second-order valence-corrected chi connectivity index (χ2v) is 6.98. The number of carbonyl (C=O) groups is 2. The predicted molar refractivity (Wildman–Crippen MR) is 89.1 cm³/mol. The molecule has 7 heteroatoms. The molecule has 3 unspecified atom stereocenters. The molecule has 23 heavy (non-hydrogen) atoms. The molecule has 3 rings (SSSR count). The third-order valence-corrected chi connectivity index (χ3v) is 5.52. The number of carboxylic acid groups (broad SMARTS) is 1. The summed E-state index contributed by atoms with van der Waals surface area (Å²) < 4.78 is 0. The Hall–Kier alpha value is -1.46. The maximum atomic E-state index is 12.7. The van der Waals surface area contributed by atoms with Gasteiger partial charge in [-0.15, -0.1) is 0 Å². The van der Waals surface area contributed by atoms with E-state index >= 15 is 0 Å². The molecular formula is C16H18Cl2N2O3. The second kappa shape index (κ2) is 6.57. The van der Waals surface area contributed by atoms with Crippen molar-refractivity contribution in [3.05, 3.63) is 28.2 Å². The van der Waals surface area contributed by atoms with Crippen LogP contribution in [0.25, 0.3) is 0 Å². The normalized spacial score (nSPS) is 26.7. The number of likely N-dealkylation sites (tertiary alicyclic amines) is 1. The van der Waals surface area contributed by atoms with Crippen molar-refractivity contribution in [2.45, 2.75) is 44.2 Å². The highest BCUT2D eigenvalue weighted by molar-refractivity contribution is 6.42. The van der Waals surface area contributed by atoms with Crippen LogP contribution in [0.2, 0.25) is 10.0 Å². The molecule has 1 aromatic rings. The SMILES string of the molecule is O=C(O)C1CC2CCCCC2N1C(=O)Nc1ccc(Cl)c(Cl)c1. The number of urea groups is 1. The van der Waals surface area contributed by atoms with Crippen molar-refractivity contribution >= 4 is 40.9 Å². The summed E-state index contributed by atoms with van der Waals surface area (Å²) in [5, 5.41) is 13.0. The first kappa shape index (κ1) is 16.4. The summed E-state index contributed by atoms with van der Waals surface area (Å²) in [6, 6.07) is 3.67. The fraction of sp³-hybridized carbons (Fsp3) is 0.500. The molecule has 1 heterocycles. The van der Waals surface area contributed by atoms with Crippen LogP contribution in [0, 0.1) is 5.92 Å². The van der Waals surface area contributed by atoms with Gasteiger partial charge in [0, 0.05) is 11.7 Å². The van der Waals surface area contributed by atoms with E-state index in [-0.39, 0.29) is 18.0 Å². The lowest BCUT2D eigenvalue weighted by Crippen LogP contribution is -2.48. The van der Waals surface area contributed by atoms with E-state index in [9.17, 15) is 14.7 Å². The van der Waals surface area contributed by atoms with E-state index in [4.69, 9.17) is 23.2 Å². The van der Waals surface area contributed by atoms with Crippen LogP contribution in [0.4, 0.5) is 10.5 Å². The van der Waals surface area contributed by atoms with E-state index in [1.165, 1.54) is 4.90 Å². The first-order valence-electron chi connectivity index (χ1n) is 7.74. The minimum atomic E-state index is -0.941. The number of nitrogens with zero attached hydrogens (tertiary/aromatic N) is 1. The molecule has 0 spiro atoms. The highest BCUT2D eigenvalue weighted by Crippen LogP contribution is 2.40. The van der Waals surface area contributed by atoms with Gasteiger partial charge in [0.2, 0.25) is 0 Å². The number of fused-ring (bicyclic) bond motifs is 1. The van der Waals surface area contributed by atoms with E-state index in [0.717, 1.165) is 25.7 Å². The van der Waals surface area contributed by atoms with Gasteiger partial charge in [0.15, 0.2) is 0 Å². The largest absolute Gasteiger partial charge is 0.480 e. The van der Waals surface area contributed by atoms with Crippen molar-refractivity contribution in [1.29, 1.82) is 0 Å². The molecule has 2 N–H and O–H groups in total. The number of carbonyl (C=O) groups excluding carboxylic acids is 1. The molecule has 2 amide bonds. The number of rotatable bonds is 2. The summed E-state index contributed by atoms with van der Waals surface area (Å²) >= 11 is 11.8. The Bertz CT molecular complexity index is 638. The van der Waals surface area contributed by atoms with Crippen LogP contribution >= 0.6 is 23.2 Å². The summed E-state index contributed by atoms with van der Waals surface area (Å²) in [5.41, 5.74) is 0.507. The Morgan fingerprint density at radius 1 is 1.17 bits per heavy atom. The third-order valence-electron chi connectivity index (χ3n) is 4.78. The maximum absolute atomic E-state index is 12.7. The van der Waals surface area contributed by atoms with Crippen LogP contribution in [0.15, 0.2) is 18.2 Å². The Kier molecular flexibility index (Phi) is 4.69. The Labute approximate surface area is 144 Å². The zero-order chi connectivity index (χ0) is 16.6. The molecule has 1 saturated heterocycles. The van der Waals surface area contributed by atoms with Crippen molar-refractivity contribution in [2.75, 3.05) is 5.32 Å². The molecule has 1 saturated carbocycles. The van der Waals surface area contributed by atoms with Crippen LogP contribution in [-0.4, -0.2) is 34.1 Å². The standard InChI is InChI=1S/C16H18Cl2N2O3/c17-11-6-5-10(8-12(11)18)19-16(23)20-13-4-2-1-3-9(13)7-14(20)15(21)22/h5-6,8-9,13-14H,1-4,7H2,(H,19,23)(H,21,22). The minimum Gasteiger partial charge on any atom is -0.480 e. The van der Waals surface area contributed by atoms with Gasteiger partial charge in [-0.25, -0.2) is 9.59 Å². The predicted octanol–water partition coefficient (Wildman–Crippen LogP) is 4.24. The van der Waals surface area contributed by atoms with E-state index in [1.54, 1.807) is 18.2 Å². The number of amides is 2. The molecule has 3 atom stereocenters. The molecule has 0 aromatic heterocycles. The van der Waals surface area contributed by atoms with Crippen LogP contribution in [-0.2, 0) is 4.79 Å². The lowest BCUT2D eigenvalue weighted by Gasteiger charge is -2.33. The summed E-state index contributed by atoms with van der Waals surface area (Å²) in [4.78, 5) is 25.7. The van der Waals surface area contributed by atoms with Crippen LogP contribution in [0.5, 0.6) is 0 Å². The number of hydrogen-bond acceptors (Lipinski definition) is 2. The van der Waals surface area contributed by atoms with Crippen LogP contribution in [0.3, 0.4) is 0 Å². The second-order valence-electron chi connectivity index (χ2n) is 6.17. The average Bonchev–Trinajstić information content (AvgIpc) is 2.91. The fourth-order valence-electron chi connectivity index (χ4n) is 3.73. The molecule has 1 aliphatic carbocycles. The Balaban J connectivity index is 1.80. The van der Waals surface area contributed by atoms with Crippen molar-refractivity contribution in [3.63, 3.8) is 0 Å². The zero-order valence-electron chi connectivity index (χ0n) is 12.5. The number of aliphatic carboxylic acids is 1. The van der Waals surface area contributed by atoms with Gasteiger partial charge in [0.25, 0.3) is 0 Å². The smallest absolute Gasteiger partial charge is 0.326 e. The fourth-order valence-corrected chi connectivity index (χ4v) is 4.03. The molecule has 124 valence electrons. The number of nitrogens with one attached hydrogen (secondary N) is 1. The summed E-state index contributed by atoms with van der Waals surface area (Å²) in [6.45, 7) is 0. The topological polar surface area (TPSA) is 69.6 Å². The zero-order valence-corrected chi connectivity index (χ0v) is 14.0. The highest BCUT2D eigenvalue weighted by atomic mass is 35.5. The lowest BCUT2D eigenvalue weighted by molar-refractivity contribution is -0.141. The number of hydrogen-bond donors (Lipinski definition) is 2. The van der Waals surface area contributed by atoms with Gasteiger partial charge in [-0.3, -0.25) is 0 Å². The first-order valence-corrected chi connectivity index (χ1v) is 8.50. The van der Waals surface area contributed by atoms with E-state index < -0.39 is 12.0 Å². The van der Waals surface area contributed by atoms with Gasteiger partial charge in [-0.1, -0.05) is 36.0 Å². The van der Waals surface area contributed by atoms with Gasteiger partial charge in [0.05, 0.1) is 10.0 Å². The maximum Gasteiger partial charge on any atom is 0.326 e. The number of anilines is 1. The van der Waals surface area contributed by atoms with Crippen LogP contribution < -0.4 is 5.32 Å². The number of carboxylic acids is 1. The van der Waals surface area contributed by atoms with Gasteiger partial charge >= 0.3 is 12.0 Å². The highest BCUT2D eigenvalue weighted by Gasteiger charge is 2.47. The third kappa shape index (κ3) is 3.26. The average molecular weight is 357 g/mol. The van der Waals surface area contributed by atoms with Crippen molar-refractivity contribution in [3.8, 4) is 0 Å². The summed E-state index contributed by atoms with van der Waals surface area (Å²) in [5.74, 6) is -0.659. The molecule has 1 aliphatic heterocycles. The molecule has 1 aromatic carbocycles. The molecule has 2 aliphatic rings. The quantitative estimate of drug-likeness (QED) is 0.832. The molecule has 0 bridgehead atoms. The van der Waals surface area contributed by atoms with Gasteiger partial charge in [0.1, 0.15) is 6.04 Å². The van der Waals surface area contributed by atoms with E-state index in [0.29, 0.717) is 22.2 Å². The first-order chi connectivity index (χ1) is 11.0. The monoisotopic (exact) mass is 356 g/mol. The molecule has 2 fully saturated rings. The van der Waals surface area contributed by atoms with Gasteiger partial charge in [-0.05, 0) is 43.4 Å². The summed E-state index contributed by atoms with van der Waals surface area (Å²) in [7, 11) is 0. The molecule has 0 radical (unpaired) electrons. The number of benzene rings is 1. The van der Waals surface area contributed by atoms with Gasteiger partial charge in [-0.2, -0.15) is 0 Å². The van der Waals surface area contributed by atoms with Crippen molar-refractivity contribution in [2.24, 2.45) is 5.92 Å². The molecular weight excluding hydrogens is 339 g/mol. The van der Waals surface area contributed by atoms with Gasteiger partial charge < -0.3 is 15.3 Å². The van der Waals surface area contributed by atoms with E-state index in [1.807, 2.05) is 0 Å². The number of halogens is 2. The van der Waals surface area contributed by atoms with Crippen LogP contribution in [0.1, 0.15) is 32.1 Å². The van der Waals surface area contributed by atoms with E-state index in [2.05, 4.69) is 5.32 Å². The van der Waals surface area contributed by atoms with Crippen molar-refractivity contribution in [1.82, 2.24) is 4.90 Å². The lowest BCUT2D eigenvalue weighted by atomic mass is 9.85. The Morgan fingerprint density at radius 2 is 1.91 bits per heavy atom. The van der Waals surface area contributed by atoms with Crippen molar-refractivity contribution < 1.29 is 14.7 Å². The molecule has 5 nitrogen and oxygen atoms in total. The minimum absolute atomic E-state index is 0.00706.